The molecule has 0 aliphatic heterocycles. The Labute approximate surface area is 203 Å². The molecule has 0 saturated heterocycles. The van der Waals surface area contributed by atoms with Crippen molar-refractivity contribution in [1.82, 2.24) is 24.1 Å². The topological polar surface area (TPSA) is 84.1 Å². The molecule has 0 saturated carbocycles. The first-order chi connectivity index (χ1) is 17.1. The number of fused-ring (bicyclic) bond motifs is 4. The van der Waals surface area contributed by atoms with Crippen LogP contribution in [-0.4, -0.2) is 38.3 Å². The summed E-state index contributed by atoms with van der Waals surface area (Å²) in [5.41, 5.74) is 3.83. The van der Waals surface area contributed by atoms with Gasteiger partial charge in [-0.1, -0.05) is 38.3 Å². The molecule has 0 radical (unpaired) electrons. The summed E-state index contributed by atoms with van der Waals surface area (Å²) in [4.78, 5) is 28.5. The van der Waals surface area contributed by atoms with Gasteiger partial charge in [0.15, 0.2) is 22.8 Å². The van der Waals surface area contributed by atoms with Crippen molar-refractivity contribution in [2.24, 2.45) is 0 Å². The molecular formula is C27H29N5O3. The second-order valence-electron chi connectivity index (χ2n) is 8.63. The first-order valence-corrected chi connectivity index (χ1v) is 12.0. The smallest absolute Gasteiger partial charge is 0.265 e. The summed E-state index contributed by atoms with van der Waals surface area (Å²) in [7, 11) is 3.20. The lowest BCUT2D eigenvalue weighted by Gasteiger charge is -2.13. The normalized spacial score (nSPS) is 11.5. The van der Waals surface area contributed by atoms with Crippen LogP contribution in [-0.2, 0) is 6.54 Å². The van der Waals surface area contributed by atoms with Gasteiger partial charge in [-0.2, -0.15) is 0 Å². The fourth-order valence-corrected chi connectivity index (χ4v) is 4.60. The van der Waals surface area contributed by atoms with E-state index in [1.54, 1.807) is 18.8 Å². The lowest BCUT2D eigenvalue weighted by Crippen LogP contribution is -2.24. The summed E-state index contributed by atoms with van der Waals surface area (Å²) in [6.07, 6.45) is 4.31. The predicted octanol–water partition coefficient (Wildman–Crippen LogP) is 5.19. The van der Waals surface area contributed by atoms with Crippen molar-refractivity contribution in [2.45, 2.75) is 46.1 Å². The first kappa shape index (κ1) is 22.8. The lowest BCUT2D eigenvalue weighted by atomic mass is 10.2. The molecule has 0 aliphatic rings. The molecular weight excluding hydrogens is 442 g/mol. The maximum absolute atomic E-state index is 13.8. The third-order valence-corrected chi connectivity index (χ3v) is 6.41. The summed E-state index contributed by atoms with van der Waals surface area (Å²) in [6.45, 7) is 4.70. The molecule has 0 unspecified atom stereocenters. The average Bonchev–Trinajstić information content (AvgIpc) is 3.19. The Bertz CT molecular complexity index is 1600. The highest BCUT2D eigenvalue weighted by atomic mass is 16.5. The summed E-state index contributed by atoms with van der Waals surface area (Å²) >= 11 is 0. The van der Waals surface area contributed by atoms with Crippen LogP contribution in [0.5, 0.6) is 11.5 Å². The summed E-state index contributed by atoms with van der Waals surface area (Å²) < 4.78 is 14.6. The van der Waals surface area contributed by atoms with Crippen LogP contribution in [0.25, 0.3) is 38.9 Å². The van der Waals surface area contributed by atoms with Gasteiger partial charge in [0.2, 0.25) is 0 Å². The molecule has 0 aliphatic carbocycles. The Morgan fingerprint density at radius 2 is 1.60 bits per heavy atom. The second-order valence-corrected chi connectivity index (χ2v) is 8.63. The fourth-order valence-electron chi connectivity index (χ4n) is 4.60. The van der Waals surface area contributed by atoms with E-state index < -0.39 is 0 Å². The number of hydrogen-bond acceptors (Lipinski definition) is 6. The van der Waals surface area contributed by atoms with Gasteiger partial charge < -0.3 is 9.47 Å². The van der Waals surface area contributed by atoms with Crippen LogP contribution in [0.3, 0.4) is 0 Å². The number of benzene rings is 2. The minimum atomic E-state index is -0.0854. The van der Waals surface area contributed by atoms with Crippen LogP contribution in [0.1, 0.15) is 38.4 Å². The van der Waals surface area contributed by atoms with Crippen molar-refractivity contribution in [3.8, 4) is 17.2 Å². The molecule has 0 spiro atoms. The highest BCUT2D eigenvalue weighted by molar-refractivity contribution is 6.05. The largest absolute Gasteiger partial charge is 0.493 e. The molecule has 0 N–H and O–H groups in total. The van der Waals surface area contributed by atoms with Crippen molar-refractivity contribution in [2.75, 3.05) is 14.2 Å². The van der Waals surface area contributed by atoms with Gasteiger partial charge in [-0.15, -0.1) is 0 Å². The van der Waals surface area contributed by atoms with E-state index in [0.29, 0.717) is 46.1 Å². The van der Waals surface area contributed by atoms with E-state index in [0.717, 1.165) is 42.4 Å². The highest BCUT2D eigenvalue weighted by Gasteiger charge is 2.22. The van der Waals surface area contributed by atoms with Gasteiger partial charge in [-0.25, -0.2) is 15.0 Å². The lowest BCUT2D eigenvalue weighted by molar-refractivity contribution is 0.355. The van der Waals surface area contributed by atoms with E-state index in [1.807, 2.05) is 54.0 Å². The predicted molar refractivity (Wildman–Crippen MR) is 138 cm³/mol. The van der Waals surface area contributed by atoms with Gasteiger partial charge in [-0.3, -0.25) is 13.9 Å². The van der Waals surface area contributed by atoms with E-state index >= 15 is 0 Å². The van der Waals surface area contributed by atoms with E-state index in [4.69, 9.17) is 24.4 Å². The molecule has 0 fully saturated rings. The number of aromatic nitrogens is 5. The molecule has 0 atom stereocenters. The van der Waals surface area contributed by atoms with Gasteiger partial charge >= 0.3 is 0 Å². The van der Waals surface area contributed by atoms with Gasteiger partial charge in [0, 0.05) is 12.6 Å². The molecule has 8 heteroatoms. The van der Waals surface area contributed by atoms with Crippen molar-refractivity contribution in [3.63, 3.8) is 0 Å². The Morgan fingerprint density at radius 3 is 2.31 bits per heavy atom. The average molecular weight is 472 g/mol. The van der Waals surface area contributed by atoms with Crippen LogP contribution in [0, 0.1) is 6.92 Å². The SMILES string of the molecule is CCCCCCn1c(C)nc2c(c1=O)c1nc3ccccc3nc1n2-c1ccc(OC)c(OC)c1. The zero-order chi connectivity index (χ0) is 24.5. The summed E-state index contributed by atoms with van der Waals surface area (Å²) in [6, 6.07) is 13.3. The Hall–Kier alpha value is -3.94. The number of nitrogens with zero attached hydrogens (tertiary/aromatic N) is 5. The van der Waals surface area contributed by atoms with E-state index in [9.17, 15) is 4.79 Å². The second kappa shape index (κ2) is 9.37. The van der Waals surface area contributed by atoms with Crippen LogP contribution < -0.4 is 15.0 Å². The van der Waals surface area contributed by atoms with Gasteiger partial charge in [0.05, 0.1) is 30.9 Å². The molecule has 3 heterocycles. The minimum Gasteiger partial charge on any atom is -0.493 e. The molecule has 5 aromatic rings. The minimum absolute atomic E-state index is 0.0854. The number of rotatable bonds is 8. The van der Waals surface area contributed by atoms with Gasteiger partial charge in [0.1, 0.15) is 16.7 Å². The third-order valence-electron chi connectivity index (χ3n) is 6.41. The quantitative estimate of drug-likeness (QED) is 0.290. The number of ether oxygens (including phenoxy) is 2. The molecule has 180 valence electrons. The highest BCUT2D eigenvalue weighted by Crippen LogP contribution is 2.33. The fraction of sp³-hybridized carbons (Fsp3) is 0.333. The Kier molecular flexibility index (Phi) is 6.11. The monoisotopic (exact) mass is 471 g/mol. The molecule has 5 rings (SSSR count). The standard InChI is InChI=1S/C27H29N5O3/c1-5-6-7-10-15-31-17(2)28-25-23(27(31)33)24-26(30-20-12-9-8-11-19(20)29-24)32(25)18-13-14-21(34-3)22(16-18)35-4/h8-9,11-14,16H,5-7,10,15H2,1-4H3. The summed E-state index contributed by atoms with van der Waals surface area (Å²) in [5, 5.41) is 0.481. The Balaban J connectivity index is 1.83. The van der Waals surface area contributed by atoms with Crippen LogP contribution in [0.4, 0.5) is 0 Å². The van der Waals surface area contributed by atoms with Gasteiger partial charge in [-0.05, 0) is 37.6 Å². The Morgan fingerprint density at radius 1 is 0.857 bits per heavy atom. The zero-order valence-corrected chi connectivity index (χ0v) is 20.5. The first-order valence-electron chi connectivity index (χ1n) is 12.0. The molecule has 2 aromatic carbocycles. The summed E-state index contributed by atoms with van der Waals surface area (Å²) in [5.74, 6) is 1.87. The van der Waals surface area contributed by atoms with Crippen molar-refractivity contribution >= 4 is 33.2 Å². The maximum Gasteiger partial charge on any atom is 0.265 e. The molecule has 0 amide bonds. The van der Waals surface area contributed by atoms with Crippen LogP contribution >= 0.6 is 0 Å². The van der Waals surface area contributed by atoms with Gasteiger partial charge in [0.25, 0.3) is 5.56 Å². The number of para-hydroxylation sites is 2. The number of hydrogen-bond donors (Lipinski definition) is 0. The molecule has 3 aromatic heterocycles. The zero-order valence-electron chi connectivity index (χ0n) is 20.5. The maximum atomic E-state index is 13.8. The number of aryl methyl sites for hydroxylation is 1. The van der Waals surface area contributed by atoms with E-state index in [2.05, 4.69) is 6.92 Å². The molecule has 8 nitrogen and oxygen atoms in total. The third kappa shape index (κ3) is 3.88. The molecule has 35 heavy (non-hydrogen) atoms. The number of unbranched alkanes of at least 4 members (excludes halogenated alkanes) is 3. The van der Waals surface area contributed by atoms with Crippen LogP contribution in [0.15, 0.2) is 47.3 Å². The van der Waals surface area contributed by atoms with E-state index in [1.165, 1.54) is 0 Å². The van der Waals surface area contributed by atoms with Crippen molar-refractivity contribution < 1.29 is 9.47 Å². The van der Waals surface area contributed by atoms with Crippen LogP contribution in [0.2, 0.25) is 0 Å². The van der Waals surface area contributed by atoms with Crippen molar-refractivity contribution in [1.29, 1.82) is 0 Å². The number of methoxy groups -OCH3 is 2. The van der Waals surface area contributed by atoms with E-state index in [-0.39, 0.29) is 5.56 Å². The van der Waals surface area contributed by atoms with Crippen molar-refractivity contribution in [3.05, 3.63) is 58.6 Å². The molecule has 0 bridgehead atoms.